The molecule has 1 aromatic rings. The van der Waals surface area contributed by atoms with E-state index in [2.05, 4.69) is 10.6 Å². The van der Waals surface area contributed by atoms with Crippen LogP contribution in [0.5, 0.6) is 0 Å². The van der Waals surface area contributed by atoms with Gasteiger partial charge in [0.15, 0.2) is 0 Å². The van der Waals surface area contributed by atoms with Crippen molar-refractivity contribution in [2.45, 2.75) is 32.2 Å². The van der Waals surface area contributed by atoms with Crippen LogP contribution in [-0.4, -0.2) is 25.0 Å². The fraction of sp³-hybridized carbons (Fsp3) is 0.533. The molecule has 1 aliphatic rings. The number of amides is 1. The van der Waals surface area contributed by atoms with Gasteiger partial charge in [0.25, 0.3) is 0 Å². The standard InChI is InChI=1S/C15H20F2N2O/c1-10-14(3-2-5-18-10)15(20)19-6-4-11-7-12(16)9-13(17)8-11/h7-10,14,18H,2-6H2,1H3,(H,19,20). The molecule has 1 heterocycles. The summed E-state index contributed by atoms with van der Waals surface area (Å²) in [5, 5.41) is 6.12. The van der Waals surface area contributed by atoms with Crippen molar-refractivity contribution >= 4 is 5.91 Å². The van der Waals surface area contributed by atoms with Crippen molar-refractivity contribution in [3.8, 4) is 0 Å². The van der Waals surface area contributed by atoms with Crippen LogP contribution < -0.4 is 10.6 Å². The smallest absolute Gasteiger partial charge is 0.224 e. The summed E-state index contributed by atoms with van der Waals surface area (Å²) in [5.74, 6) is -1.18. The molecule has 2 unspecified atom stereocenters. The first-order valence-electron chi connectivity index (χ1n) is 7.02. The summed E-state index contributed by atoms with van der Waals surface area (Å²) < 4.78 is 26.0. The fourth-order valence-electron chi connectivity index (χ4n) is 2.62. The van der Waals surface area contributed by atoms with Gasteiger partial charge in [-0.15, -0.1) is 0 Å². The lowest BCUT2D eigenvalue weighted by molar-refractivity contribution is -0.126. The van der Waals surface area contributed by atoms with Gasteiger partial charge in [-0.3, -0.25) is 4.79 Å². The highest BCUT2D eigenvalue weighted by molar-refractivity contribution is 5.79. The molecule has 2 rings (SSSR count). The monoisotopic (exact) mass is 282 g/mol. The van der Waals surface area contributed by atoms with Crippen molar-refractivity contribution in [2.24, 2.45) is 5.92 Å². The van der Waals surface area contributed by atoms with Crippen molar-refractivity contribution < 1.29 is 13.6 Å². The molecule has 1 saturated heterocycles. The van der Waals surface area contributed by atoms with E-state index < -0.39 is 11.6 Å². The van der Waals surface area contributed by atoms with E-state index in [0.29, 0.717) is 18.5 Å². The maximum atomic E-state index is 13.0. The number of halogens is 2. The summed E-state index contributed by atoms with van der Waals surface area (Å²) >= 11 is 0. The van der Waals surface area contributed by atoms with Crippen LogP contribution in [0.1, 0.15) is 25.3 Å². The molecule has 20 heavy (non-hydrogen) atoms. The van der Waals surface area contributed by atoms with Gasteiger partial charge >= 0.3 is 0 Å². The van der Waals surface area contributed by atoms with Crippen LogP contribution in [-0.2, 0) is 11.2 Å². The largest absolute Gasteiger partial charge is 0.355 e. The zero-order chi connectivity index (χ0) is 14.5. The van der Waals surface area contributed by atoms with Crippen LogP contribution in [0.25, 0.3) is 0 Å². The van der Waals surface area contributed by atoms with Gasteiger partial charge in [0, 0.05) is 18.7 Å². The van der Waals surface area contributed by atoms with E-state index in [9.17, 15) is 13.6 Å². The van der Waals surface area contributed by atoms with Crippen LogP contribution in [0.3, 0.4) is 0 Å². The Labute approximate surface area is 117 Å². The predicted molar refractivity (Wildman–Crippen MR) is 73.3 cm³/mol. The molecular weight excluding hydrogens is 262 g/mol. The molecule has 3 nitrogen and oxygen atoms in total. The van der Waals surface area contributed by atoms with Gasteiger partial charge in [-0.25, -0.2) is 8.78 Å². The van der Waals surface area contributed by atoms with E-state index in [1.165, 1.54) is 12.1 Å². The van der Waals surface area contributed by atoms with Gasteiger partial charge < -0.3 is 10.6 Å². The third-order valence-electron chi connectivity index (χ3n) is 3.73. The van der Waals surface area contributed by atoms with Crippen molar-refractivity contribution in [1.82, 2.24) is 10.6 Å². The Morgan fingerprint density at radius 1 is 1.35 bits per heavy atom. The first-order chi connectivity index (χ1) is 9.56. The van der Waals surface area contributed by atoms with E-state index in [4.69, 9.17) is 0 Å². The second kappa shape index (κ2) is 6.79. The SMILES string of the molecule is CC1NCCCC1C(=O)NCCc1cc(F)cc(F)c1. The Kier molecular flexibility index (Phi) is 5.06. The molecule has 110 valence electrons. The number of benzene rings is 1. The molecule has 1 amide bonds. The molecular formula is C15H20F2N2O. The van der Waals surface area contributed by atoms with Crippen LogP contribution in [0.4, 0.5) is 8.78 Å². The van der Waals surface area contributed by atoms with Crippen LogP contribution in [0, 0.1) is 17.6 Å². The summed E-state index contributed by atoms with van der Waals surface area (Å²) in [5.41, 5.74) is 0.553. The maximum absolute atomic E-state index is 13.0. The number of nitrogens with one attached hydrogen (secondary N) is 2. The van der Waals surface area contributed by atoms with E-state index in [-0.39, 0.29) is 17.9 Å². The predicted octanol–water partition coefficient (Wildman–Crippen LogP) is 2.01. The molecule has 2 N–H and O–H groups in total. The minimum Gasteiger partial charge on any atom is -0.355 e. The van der Waals surface area contributed by atoms with Gasteiger partial charge in [0.05, 0.1) is 5.92 Å². The number of rotatable bonds is 4. The van der Waals surface area contributed by atoms with Gasteiger partial charge in [-0.05, 0) is 50.4 Å². The van der Waals surface area contributed by atoms with Gasteiger partial charge in [-0.1, -0.05) is 0 Å². The minimum absolute atomic E-state index is 0.0153. The summed E-state index contributed by atoms with van der Waals surface area (Å²) in [6.07, 6.45) is 2.31. The van der Waals surface area contributed by atoms with Crippen molar-refractivity contribution in [3.63, 3.8) is 0 Å². The molecule has 0 bridgehead atoms. The molecule has 0 spiro atoms. The molecule has 0 aliphatic carbocycles. The topological polar surface area (TPSA) is 41.1 Å². The summed E-state index contributed by atoms with van der Waals surface area (Å²) in [6, 6.07) is 3.60. The second-order valence-electron chi connectivity index (χ2n) is 5.31. The average Bonchev–Trinajstić information content (AvgIpc) is 2.38. The Bertz CT molecular complexity index is 459. The third-order valence-corrected chi connectivity index (χ3v) is 3.73. The lowest BCUT2D eigenvalue weighted by Gasteiger charge is -2.28. The second-order valence-corrected chi connectivity index (χ2v) is 5.31. The Hall–Kier alpha value is -1.49. The Morgan fingerprint density at radius 2 is 2.05 bits per heavy atom. The first kappa shape index (κ1) is 14.9. The van der Waals surface area contributed by atoms with Gasteiger partial charge in [0.1, 0.15) is 11.6 Å². The van der Waals surface area contributed by atoms with Crippen molar-refractivity contribution in [1.29, 1.82) is 0 Å². The molecule has 1 aliphatic heterocycles. The zero-order valence-corrected chi connectivity index (χ0v) is 11.6. The quantitative estimate of drug-likeness (QED) is 0.887. The number of hydrogen-bond acceptors (Lipinski definition) is 2. The average molecular weight is 282 g/mol. The molecule has 0 aromatic heterocycles. The highest BCUT2D eigenvalue weighted by atomic mass is 19.1. The van der Waals surface area contributed by atoms with Crippen molar-refractivity contribution in [2.75, 3.05) is 13.1 Å². The highest BCUT2D eigenvalue weighted by Gasteiger charge is 2.26. The summed E-state index contributed by atoms with van der Waals surface area (Å²) in [6.45, 7) is 3.35. The fourth-order valence-corrected chi connectivity index (χ4v) is 2.62. The molecule has 2 atom stereocenters. The molecule has 5 heteroatoms. The molecule has 1 fully saturated rings. The molecule has 0 radical (unpaired) electrons. The summed E-state index contributed by atoms with van der Waals surface area (Å²) in [7, 11) is 0. The van der Waals surface area contributed by atoms with Crippen LogP contribution in [0.15, 0.2) is 18.2 Å². The number of carbonyl (C=O) groups excluding carboxylic acids is 1. The van der Waals surface area contributed by atoms with Crippen LogP contribution in [0.2, 0.25) is 0 Å². The zero-order valence-electron chi connectivity index (χ0n) is 11.6. The summed E-state index contributed by atoms with van der Waals surface area (Å²) in [4.78, 5) is 12.0. The maximum Gasteiger partial charge on any atom is 0.224 e. The number of piperidine rings is 1. The van der Waals surface area contributed by atoms with Crippen LogP contribution >= 0.6 is 0 Å². The minimum atomic E-state index is -0.587. The Morgan fingerprint density at radius 3 is 2.70 bits per heavy atom. The third kappa shape index (κ3) is 4.00. The van der Waals surface area contributed by atoms with Crippen molar-refractivity contribution in [3.05, 3.63) is 35.4 Å². The highest BCUT2D eigenvalue weighted by Crippen LogP contribution is 2.16. The van der Waals surface area contributed by atoms with E-state index >= 15 is 0 Å². The normalized spacial score (nSPS) is 22.6. The number of carbonyl (C=O) groups is 1. The van der Waals surface area contributed by atoms with E-state index in [0.717, 1.165) is 25.5 Å². The molecule has 1 aromatic carbocycles. The lowest BCUT2D eigenvalue weighted by Crippen LogP contribution is -2.47. The number of hydrogen-bond donors (Lipinski definition) is 2. The first-order valence-corrected chi connectivity index (χ1v) is 7.02. The van der Waals surface area contributed by atoms with E-state index in [1.807, 2.05) is 6.92 Å². The van der Waals surface area contributed by atoms with E-state index in [1.54, 1.807) is 0 Å². The van der Waals surface area contributed by atoms with Gasteiger partial charge in [0.2, 0.25) is 5.91 Å². The Balaban J connectivity index is 1.81. The molecule has 0 saturated carbocycles. The lowest BCUT2D eigenvalue weighted by atomic mass is 9.91. The van der Waals surface area contributed by atoms with Gasteiger partial charge in [-0.2, -0.15) is 0 Å².